The van der Waals surface area contributed by atoms with Crippen LogP contribution in [0.4, 0.5) is 0 Å². The van der Waals surface area contributed by atoms with E-state index in [1.807, 2.05) is 12.1 Å². The summed E-state index contributed by atoms with van der Waals surface area (Å²) in [6, 6.07) is 8.98. The maximum atomic E-state index is 8.91. The molecule has 1 saturated carbocycles. The average Bonchev–Trinajstić information content (AvgIpc) is 2.70. The van der Waals surface area contributed by atoms with E-state index >= 15 is 0 Å². The molecule has 102 valence electrons. The number of rotatable bonds is 3. The number of hydrogen-bond acceptors (Lipinski definition) is 2. The van der Waals surface area contributed by atoms with Crippen LogP contribution < -0.4 is 0 Å². The molecule has 0 amide bonds. The molecule has 0 aromatic heterocycles. The van der Waals surface area contributed by atoms with Gasteiger partial charge in [-0.2, -0.15) is 5.26 Å². The summed E-state index contributed by atoms with van der Waals surface area (Å²) in [6.45, 7) is 3.11. The highest BCUT2D eigenvalue weighted by atomic mass is 15.1. The van der Waals surface area contributed by atoms with Crippen LogP contribution in [0.25, 0.3) is 0 Å². The Morgan fingerprint density at radius 2 is 1.89 bits per heavy atom. The Morgan fingerprint density at radius 3 is 2.47 bits per heavy atom. The van der Waals surface area contributed by atoms with Crippen molar-refractivity contribution >= 4 is 0 Å². The normalized spacial score (nSPS) is 17.2. The molecule has 2 nitrogen and oxygen atoms in total. The van der Waals surface area contributed by atoms with E-state index in [1.165, 1.54) is 49.7 Å². The van der Waals surface area contributed by atoms with Crippen molar-refractivity contribution in [2.24, 2.45) is 0 Å². The monoisotopic (exact) mass is 256 g/mol. The van der Waals surface area contributed by atoms with Gasteiger partial charge in [-0.15, -0.1) is 0 Å². The SMILES string of the molecule is Cc1cc(C#N)ccc1CN(C)C1CCCCCC1. The van der Waals surface area contributed by atoms with Gasteiger partial charge in [0.15, 0.2) is 0 Å². The predicted octanol–water partition coefficient (Wildman–Crippen LogP) is 4.02. The molecule has 2 rings (SSSR count). The molecular formula is C17H24N2. The van der Waals surface area contributed by atoms with Crippen LogP contribution in [-0.2, 0) is 6.54 Å². The second kappa shape index (κ2) is 6.73. The van der Waals surface area contributed by atoms with Gasteiger partial charge < -0.3 is 0 Å². The number of nitrogens with zero attached hydrogens (tertiary/aromatic N) is 2. The van der Waals surface area contributed by atoms with Crippen molar-refractivity contribution in [2.75, 3.05) is 7.05 Å². The summed E-state index contributed by atoms with van der Waals surface area (Å²) in [4.78, 5) is 2.50. The molecule has 1 aromatic carbocycles. The molecule has 19 heavy (non-hydrogen) atoms. The van der Waals surface area contributed by atoms with E-state index in [0.29, 0.717) is 0 Å². The first-order valence-corrected chi connectivity index (χ1v) is 7.40. The van der Waals surface area contributed by atoms with Crippen LogP contribution in [0.15, 0.2) is 18.2 Å². The minimum Gasteiger partial charge on any atom is -0.299 e. The quantitative estimate of drug-likeness (QED) is 0.764. The summed E-state index contributed by atoms with van der Waals surface area (Å²) in [5, 5.41) is 8.91. The summed E-state index contributed by atoms with van der Waals surface area (Å²) < 4.78 is 0. The lowest BCUT2D eigenvalue weighted by Gasteiger charge is -2.27. The minimum atomic E-state index is 0.734. The van der Waals surface area contributed by atoms with E-state index in [0.717, 1.165) is 18.2 Å². The highest BCUT2D eigenvalue weighted by Gasteiger charge is 2.17. The molecule has 0 N–H and O–H groups in total. The first-order valence-electron chi connectivity index (χ1n) is 7.40. The van der Waals surface area contributed by atoms with Crippen molar-refractivity contribution in [3.63, 3.8) is 0 Å². The van der Waals surface area contributed by atoms with Crippen molar-refractivity contribution in [2.45, 2.75) is 58.0 Å². The van der Waals surface area contributed by atoms with Gasteiger partial charge in [-0.25, -0.2) is 0 Å². The Balaban J connectivity index is 2.01. The maximum absolute atomic E-state index is 8.91. The number of hydrogen-bond donors (Lipinski definition) is 0. The lowest BCUT2D eigenvalue weighted by Crippen LogP contribution is -2.30. The van der Waals surface area contributed by atoms with E-state index in [9.17, 15) is 0 Å². The fourth-order valence-electron chi connectivity index (χ4n) is 3.04. The number of nitriles is 1. The van der Waals surface area contributed by atoms with Crippen molar-refractivity contribution in [1.29, 1.82) is 5.26 Å². The van der Waals surface area contributed by atoms with Crippen molar-refractivity contribution in [3.8, 4) is 6.07 Å². The van der Waals surface area contributed by atoms with E-state index in [1.54, 1.807) is 0 Å². The molecule has 0 atom stereocenters. The van der Waals surface area contributed by atoms with Gasteiger partial charge in [0, 0.05) is 12.6 Å². The van der Waals surface area contributed by atoms with Crippen LogP contribution in [-0.4, -0.2) is 18.0 Å². The second-order valence-electron chi connectivity index (χ2n) is 5.81. The molecule has 0 spiro atoms. The largest absolute Gasteiger partial charge is 0.299 e. The lowest BCUT2D eigenvalue weighted by atomic mass is 10.0. The summed E-state index contributed by atoms with van der Waals surface area (Å²) in [5.41, 5.74) is 3.35. The first-order chi connectivity index (χ1) is 9.20. The molecule has 1 aliphatic carbocycles. The molecule has 0 unspecified atom stereocenters. The molecule has 2 heteroatoms. The van der Waals surface area contributed by atoms with Gasteiger partial charge in [-0.1, -0.05) is 31.7 Å². The standard InChI is InChI=1S/C17H24N2/c1-14-11-15(12-18)9-10-16(14)13-19(2)17-7-5-3-4-6-8-17/h9-11,17H,3-8,13H2,1-2H3. The maximum Gasteiger partial charge on any atom is 0.0991 e. The topological polar surface area (TPSA) is 27.0 Å². The van der Waals surface area contributed by atoms with Gasteiger partial charge in [0.05, 0.1) is 11.6 Å². The van der Waals surface area contributed by atoms with Gasteiger partial charge in [-0.05, 0) is 50.1 Å². The van der Waals surface area contributed by atoms with E-state index < -0.39 is 0 Å². The molecule has 0 saturated heterocycles. The highest BCUT2D eigenvalue weighted by molar-refractivity contribution is 5.37. The third kappa shape index (κ3) is 3.81. The van der Waals surface area contributed by atoms with Gasteiger partial charge in [0.2, 0.25) is 0 Å². The first kappa shape index (κ1) is 14.1. The fraction of sp³-hybridized carbons (Fsp3) is 0.588. The summed E-state index contributed by atoms with van der Waals surface area (Å²) >= 11 is 0. The summed E-state index contributed by atoms with van der Waals surface area (Å²) in [5.74, 6) is 0. The second-order valence-corrected chi connectivity index (χ2v) is 5.81. The Labute approximate surface area is 117 Å². The van der Waals surface area contributed by atoms with Gasteiger partial charge >= 0.3 is 0 Å². The van der Waals surface area contributed by atoms with Crippen LogP contribution in [0.1, 0.15) is 55.2 Å². The molecule has 0 heterocycles. The van der Waals surface area contributed by atoms with Gasteiger partial charge in [-0.3, -0.25) is 4.90 Å². The Morgan fingerprint density at radius 1 is 1.21 bits per heavy atom. The van der Waals surface area contributed by atoms with E-state index in [2.05, 4.69) is 31.0 Å². The zero-order chi connectivity index (χ0) is 13.7. The third-order valence-electron chi connectivity index (χ3n) is 4.34. The Bertz CT molecular complexity index is 451. The third-order valence-corrected chi connectivity index (χ3v) is 4.34. The molecule has 1 aromatic rings. The smallest absolute Gasteiger partial charge is 0.0991 e. The molecule has 0 radical (unpaired) electrons. The Hall–Kier alpha value is -1.33. The molecule has 0 aliphatic heterocycles. The molecular weight excluding hydrogens is 232 g/mol. The van der Waals surface area contributed by atoms with E-state index in [-0.39, 0.29) is 0 Å². The molecule has 1 fully saturated rings. The highest BCUT2D eigenvalue weighted by Crippen LogP contribution is 2.23. The zero-order valence-corrected chi connectivity index (χ0v) is 12.2. The van der Waals surface area contributed by atoms with Crippen LogP contribution in [0.5, 0.6) is 0 Å². The van der Waals surface area contributed by atoms with Crippen LogP contribution in [0.2, 0.25) is 0 Å². The summed E-state index contributed by atoms with van der Waals surface area (Å²) in [7, 11) is 2.24. The van der Waals surface area contributed by atoms with E-state index in [4.69, 9.17) is 5.26 Å². The lowest BCUT2D eigenvalue weighted by molar-refractivity contribution is 0.212. The van der Waals surface area contributed by atoms with Crippen LogP contribution in [0.3, 0.4) is 0 Å². The van der Waals surface area contributed by atoms with Crippen LogP contribution in [0, 0.1) is 18.3 Å². The fourth-order valence-corrected chi connectivity index (χ4v) is 3.04. The average molecular weight is 256 g/mol. The predicted molar refractivity (Wildman–Crippen MR) is 78.9 cm³/mol. The van der Waals surface area contributed by atoms with Crippen molar-refractivity contribution < 1.29 is 0 Å². The molecule has 1 aliphatic rings. The van der Waals surface area contributed by atoms with Crippen molar-refractivity contribution in [3.05, 3.63) is 34.9 Å². The zero-order valence-electron chi connectivity index (χ0n) is 12.2. The molecule has 0 bridgehead atoms. The number of aryl methyl sites for hydroxylation is 1. The van der Waals surface area contributed by atoms with Crippen molar-refractivity contribution in [1.82, 2.24) is 4.90 Å². The minimum absolute atomic E-state index is 0.734. The summed E-state index contributed by atoms with van der Waals surface area (Å²) in [6.07, 6.45) is 8.24. The van der Waals surface area contributed by atoms with Gasteiger partial charge in [0.25, 0.3) is 0 Å². The van der Waals surface area contributed by atoms with Crippen LogP contribution >= 0.6 is 0 Å². The Kier molecular flexibility index (Phi) is 4.99. The van der Waals surface area contributed by atoms with Gasteiger partial charge in [0.1, 0.15) is 0 Å². The number of benzene rings is 1.